The van der Waals surface area contributed by atoms with Crippen LogP contribution in [0.3, 0.4) is 0 Å². The van der Waals surface area contributed by atoms with Crippen molar-refractivity contribution in [1.82, 2.24) is 5.32 Å². The summed E-state index contributed by atoms with van der Waals surface area (Å²) in [5, 5.41) is 2.70. The van der Waals surface area contributed by atoms with Crippen LogP contribution in [0.4, 0.5) is 0 Å². The highest BCUT2D eigenvalue weighted by molar-refractivity contribution is 5.86. The summed E-state index contributed by atoms with van der Waals surface area (Å²) in [5.41, 5.74) is 0. The van der Waals surface area contributed by atoms with Gasteiger partial charge in [-0.05, 0) is 25.3 Å². The van der Waals surface area contributed by atoms with E-state index in [2.05, 4.69) is 30.7 Å². The number of amides is 1. The van der Waals surface area contributed by atoms with Crippen molar-refractivity contribution in [2.75, 3.05) is 13.2 Å². The minimum absolute atomic E-state index is 0.157. The van der Waals surface area contributed by atoms with Gasteiger partial charge >= 0.3 is 5.97 Å². The number of nitrogens with one attached hydrogen (secondary N) is 1. The van der Waals surface area contributed by atoms with Crippen LogP contribution in [0.2, 0.25) is 0 Å². The second-order valence-electron chi connectivity index (χ2n) is 5.44. The predicted molar refractivity (Wildman–Crippen MR) is 93.8 cm³/mol. The maximum absolute atomic E-state index is 11.5. The van der Waals surface area contributed by atoms with Gasteiger partial charge in [0.15, 0.2) is 0 Å². The van der Waals surface area contributed by atoms with Crippen molar-refractivity contribution in [2.45, 2.75) is 71.1 Å². The largest absolute Gasteiger partial charge is 0.465 e. The smallest absolute Gasteiger partial charge is 0.305 e. The number of unbranched alkanes of at least 4 members (excludes halogenated alkanes) is 6. The first kappa shape index (κ1) is 21.2. The second-order valence-corrected chi connectivity index (χ2v) is 5.44. The Hall–Kier alpha value is -1.76. The van der Waals surface area contributed by atoms with Crippen LogP contribution in [-0.2, 0) is 14.3 Å². The van der Waals surface area contributed by atoms with E-state index in [0.717, 1.165) is 32.1 Å². The molecule has 1 amide bonds. The zero-order valence-electron chi connectivity index (χ0n) is 14.5. The molecule has 0 rings (SSSR count). The molecule has 0 radical (unpaired) electrons. The van der Waals surface area contributed by atoms with E-state index < -0.39 is 0 Å². The lowest BCUT2D eigenvalue weighted by atomic mass is 10.1. The summed E-state index contributed by atoms with van der Waals surface area (Å²) in [6.07, 6.45) is 10.7. The molecule has 0 heterocycles. The van der Waals surface area contributed by atoms with Crippen molar-refractivity contribution >= 4 is 11.9 Å². The second kappa shape index (κ2) is 16.6. The number of carbonyl (C=O) groups excluding carboxylic acids is 2. The van der Waals surface area contributed by atoms with Crippen LogP contribution in [0.5, 0.6) is 0 Å². The zero-order valence-corrected chi connectivity index (χ0v) is 14.5. The van der Waals surface area contributed by atoms with E-state index in [4.69, 9.17) is 4.74 Å². The summed E-state index contributed by atoms with van der Waals surface area (Å²) in [7, 11) is 0. The molecule has 0 bridgehead atoms. The average molecular weight is 321 g/mol. The average Bonchev–Trinajstić information content (AvgIpc) is 2.56. The van der Waals surface area contributed by atoms with Crippen molar-refractivity contribution in [1.29, 1.82) is 0 Å². The Morgan fingerprint density at radius 3 is 2.52 bits per heavy atom. The standard InChI is InChI=1S/C19H31NO3/c1-3-5-6-7-8-9-10-14-17-23-19(22)15-12-11-13-16-20-18(21)4-2/h4H,2-3,5-8,11-17H2,1H3,(H,20,21). The molecule has 23 heavy (non-hydrogen) atoms. The van der Waals surface area contributed by atoms with E-state index in [-0.39, 0.29) is 11.9 Å². The Kier molecular flexibility index (Phi) is 15.3. The van der Waals surface area contributed by atoms with Gasteiger partial charge < -0.3 is 10.1 Å². The monoisotopic (exact) mass is 321 g/mol. The van der Waals surface area contributed by atoms with Gasteiger partial charge in [0.25, 0.3) is 0 Å². The van der Waals surface area contributed by atoms with Gasteiger partial charge in [0.05, 0.1) is 0 Å². The molecule has 0 aromatic rings. The van der Waals surface area contributed by atoms with Crippen LogP contribution in [-0.4, -0.2) is 25.0 Å². The number of ether oxygens (including phenoxy) is 1. The third-order valence-corrected chi connectivity index (χ3v) is 3.31. The summed E-state index contributed by atoms with van der Waals surface area (Å²) in [5.74, 6) is 5.84. The number of esters is 1. The quantitative estimate of drug-likeness (QED) is 0.243. The Balaban J connectivity index is 3.35. The molecular weight excluding hydrogens is 290 g/mol. The van der Waals surface area contributed by atoms with Crippen molar-refractivity contribution in [2.24, 2.45) is 0 Å². The van der Waals surface area contributed by atoms with Crippen LogP contribution in [0.25, 0.3) is 0 Å². The topological polar surface area (TPSA) is 55.4 Å². The minimum Gasteiger partial charge on any atom is -0.465 e. The molecule has 1 N–H and O–H groups in total. The van der Waals surface area contributed by atoms with Crippen LogP contribution in [0.15, 0.2) is 12.7 Å². The SMILES string of the molecule is C=CC(=O)NCCCCCC(=O)OCCC#CCCCCCC. The fraction of sp³-hybridized carbons (Fsp3) is 0.684. The van der Waals surface area contributed by atoms with Gasteiger partial charge in [0, 0.05) is 25.8 Å². The highest BCUT2D eigenvalue weighted by atomic mass is 16.5. The molecule has 0 saturated carbocycles. The first-order chi connectivity index (χ1) is 11.2. The van der Waals surface area contributed by atoms with Crippen LogP contribution in [0.1, 0.15) is 71.1 Å². The van der Waals surface area contributed by atoms with E-state index >= 15 is 0 Å². The Morgan fingerprint density at radius 2 is 1.78 bits per heavy atom. The normalized spacial score (nSPS) is 9.61. The fourth-order valence-electron chi connectivity index (χ4n) is 1.96. The molecule has 0 saturated heterocycles. The van der Waals surface area contributed by atoms with Gasteiger partial charge in [-0.1, -0.05) is 45.1 Å². The number of hydrogen-bond acceptors (Lipinski definition) is 3. The summed E-state index contributed by atoms with van der Waals surface area (Å²) in [6, 6.07) is 0. The van der Waals surface area contributed by atoms with Crippen LogP contribution in [0, 0.1) is 11.8 Å². The molecule has 130 valence electrons. The van der Waals surface area contributed by atoms with E-state index in [0.29, 0.717) is 26.0 Å². The molecule has 4 heteroatoms. The molecule has 0 aliphatic rings. The third-order valence-electron chi connectivity index (χ3n) is 3.31. The summed E-state index contributed by atoms with van der Waals surface area (Å²) in [6.45, 7) is 6.58. The molecule has 0 aromatic carbocycles. The Bertz CT molecular complexity index is 393. The molecule has 0 unspecified atom stereocenters. The van der Waals surface area contributed by atoms with E-state index in [1.54, 1.807) is 0 Å². The Morgan fingerprint density at radius 1 is 1.04 bits per heavy atom. The lowest BCUT2D eigenvalue weighted by molar-refractivity contribution is -0.143. The van der Waals surface area contributed by atoms with E-state index in [9.17, 15) is 9.59 Å². The van der Waals surface area contributed by atoms with Gasteiger partial charge in [0.1, 0.15) is 6.61 Å². The van der Waals surface area contributed by atoms with Gasteiger partial charge in [-0.25, -0.2) is 0 Å². The highest BCUT2D eigenvalue weighted by Gasteiger charge is 2.01. The number of carbonyl (C=O) groups is 2. The number of rotatable bonds is 13. The first-order valence-corrected chi connectivity index (χ1v) is 8.72. The maximum Gasteiger partial charge on any atom is 0.305 e. The van der Waals surface area contributed by atoms with Crippen molar-refractivity contribution in [3.8, 4) is 11.8 Å². The molecule has 0 aliphatic carbocycles. The van der Waals surface area contributed by atoms with Crippen molar-refractivity contribution in [3.05, 3.63) is 12.7 Å². The summed E-state index contributed by atoms with van der Waals surface area (Å²) < 4.78 is 5.12. The molecule has 0 fully saturated rings. The van der Waals surface area contributed by atoms with Gasteiger partial charge in [-0.15, -0.1) is 5.92 Å². The van der Waals surface area contributed by atoms with E-state index in [1.165, 1.54) is 25.3 Å². The fourth-order valence-corrected chi connectivity index (χ4v) is 1.96. The van der Waals surface area contributed by atoms with Crippen LogP contribution < -0.4 is 5.32 Å². The molecular formula is C19H31NO3. The molecule has 0 aliphatic heterocycles. The van der Waals surface area contributed by atoms with Gasteiger partial charge in [-0.2, -0.15) is 0 Å². The number of hydrogen-bond donors (Lipinski definition) is 1. The first-order valence-electron chi connectivity index (χ1n) is 8.72. The molecule has 4 nitrogen and oxygen atoms in total. The van der Waals surface area contributed by atoms with Gasteiger partial charge in [-0.3, -0.25) is 9.59 Å². The predicted octanol–water partition coefficient (Wildman–Crippen LogP) is 3.76. The summed E-state index contributed by atoms with van der Waals surface area (Å²) >= 11 is 0. The lowest BCUT2D eigenvalue weighted by Crippen LogP contribution is -2.21. The molecule has 0 aromatic heterocycles. The highest BCUT2D eigenvalue weighted by Crippen LogP contribution is 2.02. The Labute approximate surface area is 141 Å². The van der Waals surface area contributed by atoms with Gasteiger partial charge in [0.2, 0.25) is 5.91 Å². The summed E-state index contributed by atoms with van der Waals surface area (Å²) in [4.78, 5) is 22.4. The lowest BCUT2D eigenvalue weighted by Gasteiger charge is -2.03. The maximum atomic E-state index is 11.5. The zero-order chi connectivity index (χ0) is 17.2. The minimum atomic E-state index is -0.162. The third kappa shape index (κ3) is 16.4. The van der Waals surface area contributed by atoms with Crippen LogP contribution >= 0.6 is 0 Å². The molecule has 0 spiro atoms. The van der Waals surface area contributed by atoms with E-state index in [1.807, 2.05) is 0 Å². The van der Waals surface area contributed by atoms with Crippen molar-refractivity contribution < 1.29 is 14.3 Å². The van der Waals surface area contributed by atoms with Crippen molar-refractivity contribution in [3.63, 3.8) is 0 Å². The molecule has 0 atom stereocenters.